The van der Waals surface area contributed by atoms with Crippen molar-refractivity contribution in [2.45, 2.75) is 6.92 Å². The van der Waals surface area contributed by atoms with Gasteiger partial charge in [-0.25, -0.2) is 3.11 Å². The fourth-order valence-corrected chi connectivity index (χ4v) is 0.408. The van der Waals surface area contributed by atoms with Crippen LogP contribution in [0, 0.1) is 12.3 Å². The molecule has 0 radical (unpaired) electrons. The minimum atomic E-state index is 0.747. The SMILES string of the molecule is C#CCN(I)CC. The maximum Gasteiger partial charge on any atom is 0.0690 e. The Morgan fingerprint density at radius 2 is 2.43 bits per heavy atom. The standard InChI is InChI=1S/C5H8IN/c1-3-5-7(6)4-2/h1H,4-5H2,2H3. The lowest BCUT2D eigenvalue weighted by atomic mass is 10.6. The van der Waals surface area contributed by atoms with Crippen molar-refractivity contribution in [3.8, 4) is 12.3 Å². The molecule has 2 heteroatoms. The maximum absolute atomic E-state index is 5.01. The Morgan fingerprint density at radius 3 is 2.57 bits per heavy atom. The number of nitrogens with zero attached hydrogens (tertiary/aromatic N) is 1. The van der Waals surface area contributed by atoms with E-state index in [1.807, 2.05) is 3.11 Å². The van der Waals surface area contributed by atoms with Gasteiger partial charge in [-0.2, -0.15) is 0 Å². The van der Waals surface area contributed by atoms with Crippen LogP contribution >= 0.6 is 22.9 Å². The van der Waals surface area contributed by atoms with Crippen LogP contribution in [0.1, 0.15) is 6.92 Å². The Morgan fingerprint density at radius 1 is 1.86 bits per heavy atom. The number of hydrogen-bond donors (Lipinski definition) is 0. The normalized spacial score (nSPS) is 8.86. The highest BCUT2D eigenvalue weighted by Gasteiger charge is 1.87. The first-order valence-corrected chi connectivity index (χ1v) is 3.12. The number of terminal acetylenes is 1. The van der Waals surface area contributed by atoms with Crippen molar-refractivity contribution >= 4 is 22.9 Å². The third-order valence-corrected chi connectivity index (χ3v) is 1.63. The lowest BCUT2D eigenvalue weighted by molar-refractivity contribution is 0.604. The molecule has 0 amide bonds. The number of halogens is 1. The van der Waals surface area contributed by atoms with Crippen LogP contribution in [0.5, 0.6) is 0 Å². The van der Waals surface area contributed by atoms with Gasteiger partial charge in [0.2, 0.25) is 0 Å². The lowest BCUT2D eigenvalue weighted by Crippen LogP contribution is -2.08. The summed E-state index contributed by atoms with van der Waals surface area (Å²) in [6, 6.07) is 0. The highest BCUT2D eigenvalue weighted by Crippen LogP contribution is 1.93. The van der Waals surface area contributed by atoms with Gasteiger partial charge in [0.05, 0.1) is 6.54 Å². The molecule has 0 spiro atoms. The van der Waals surface area contributed by atoms with E-state index < -0.39 is 0 Å². The molecule has 0 atom stereocenters. The lowest BCUT2D eigenvalue weighted by Gasteiger charge is -2.03. The van der Waals surface area contributed by atoms with Crippen molar-refractivity contribution in [1.82, 2.24) is 3.11 Å². The van der Waals surface area contributed by atoms with Gasteiger partial charge in [-0.1, -0.05) is 12.8 Å². The van der Waals surface area contributed by atoms with Gasteiger partial charge in [-0.05, 0) is 0 Å². The van der Waals surface area contributed by atoms with E-state index in [0.29, 0.717) is 0 Å². The van der Waals surface area contributed by atoms with Crippen molar-refractivity contribution in [2.24, 2.45) is 0 Å². The summed E-state index contributed by atoms with van der Waals surface area (Å²) in [7, 11) is 0. The Labute approximate surface area is 58.6 Å². The molecule has 0 rings (SSSR count). The van der Waals surface area contributed by atoms with Crippen molar-refractivity contribution in [3.63, 3.8) is 0 Å². The molecule has 0 aliphatic rings. The third-order valence-electron chi connectivity index (χ3n) is 0.606. The molecule has 0 fully saturated rings. The van der Waals surface area contributed by atoms with Crippen LogP contribution in [0.15, 0.2) is 0 Å². The first-order valence-electron chi connectivity index (χ1n) is 2.15. The van der Waals surface area contributed by atoms with Gasteiger partial charge >= 0.3 is 0 Å². The van der Waals surface area contributed by atoms with Gasteiger partial charge in [0.25, 0.3) is 0 Å². The van der Waals surface area contributed by atoms with Gasteiger partial charge in [-0.15, -0.1) is 6.42 Å². The zero-order valence-corrected chi connectivity index (χ0v) is 6.47. The summed E-state index contributed by atoms with van der Waals surface area (Å²) in [4.78, 5) is 0. The minimum absolute atomic E-state index is 0.747. The molecule has 1 nitrogen and oxygen atoms in total. The highest BCUT2D eigenvalue weighted by atomic mass is 127. The molecular formula is C5H8IN. The first-order chi connectivity index (χ1) is 3.31. The zero-order valence-electron chi connectivity index (χ0n) is 4.32. The fourth-order valence-electron chi connectivity index (χ4n) is 0.211. The molecule has 0 aliphatic heterocycles. The summed E-state index contributed by atoms with van der Waals surface area (Å²) in [6.45, 7) is 3.84. The number of hydrogen-bond acceptors (Lipinski definition) is 1. The van der Waals surface area contributed by atoms with E-state index in [2.05, 4.69) is 35.7 Å². The molecule has 0 unspecified atom stereocenters. The predicted molar refractivity (Wildman–Crippen MR) is 40.1 cm³/mol. The van der Waals surface area contributed by atoms with E-state index in [1.165, 1.54) is 0 Å². The predicted octanol–water partition coefficient (Wildman–Crippen LogP) is 1.29. The second kappa shape index (κ2) is 4.41. The van der Waals surface area contributed by atoms with Crippen molar-refractivity contribution in [2.75, 3.05) is 13.1 Å². The molecule has 0 N–H and O–H groups in total. The summed E-state index contributed by atoms with van der Waals surface area (Å²) in [5.41, 5.74) is 0. The summed E-state index contributed by atoms with van der Waals surface area (Å²) in [5, 5.41) is 0. The van der Waals surface area contributed by atoms with Crippen LogP contribution < -0.4 is 0 Å². The van der Waals surface area contributed by atoms with E-state index in [-0.39, 0.29) is 0 Å². The molecule has 0 saturated heterocycles. The van der Waals surface area contributed by atoms with Crippen LogP contribution in [0.25, 0.3) is 0 Å². The Hall–Kier alpha value is 0.250. The van der Waals surface area contributed by atoms with E-state index in [0.717, 1.165) is 13.1 Å². The maximum atomic E-state index is 5.01. The quantitative estimate of drug-likeness (QED) is 0.376. The Balaban J connectivity index is 3.03. The molecule has 0 aromatic carbocycles. The molecule has 0 bridgehead atoms. The van der Waals surface area contributed by atoms with Crippen molar-refractivity contribution in [1.29, 1.82) is 0 Å². The van der Waals surface area contributed by atoms with Crippen molar-refractivity contribution < 1.29 is 0 Å². The molecular weight excluding hydrogens is 201 g/mol. The van der Waals surface area contributed by atoms with E-state index in [4.69, 9.17) is 6.42 Å². The topological polar surface area (TPSA) is 3.24 Å². The van der Waals surface area contributed by atoms with Crippen LogP contribution in [0.3, 0.4) is 0 Å². The molecule has 40 valence electrons. The summed E-state index contributed by atoms with van der Waals surface area (Å²) in [6.07, 6.45) is 5.01. The van der Waals surface area contributed by atoms with E-state index in [1.54, 1.807) is 0 Å². The van der Waals surface area contributed by atoms with E-state index >= 15 is 0 Å². The monoisotopic (exact) mass is 209 g/mol. The van der Waals surface area contributed by atoms with Gasteiger partial charge in [0.15, 0.2) is 0 Å². The van der Waals surface area contributed by atoms with Gasteiger partial charge in [-0.3, -0.25) is 0 Å². The fraction of sp³-hybridized carbons (Fsp3) is 0.600. The molecule has 0 aromatic rings. The van der Waals surface area contributed by atoms with Gasteiger partial charge in [0, 0.05) is 29.4 Å². The summed E-state index contributed by atoms with van der Waals surface area (Å²) < 4.78 is 2.04. The highest BCUT2D eigenvalue weighted by molar-refractivity contribution is 14.1. The summed E-state index contributed by atoms with van der Waals surface area (Å²) in [5.74, 6) is 2.54. The molecule has 0 aliphatic carbocycles. The van der Waals surface area contributed by atoms with E-state index in [9.17, 15) is 0 Å². The second-order valence-electron chi connectivity index (χ2n) is 1.14. The van der Waals surface area contributed by atoms with Crippen LogP contribution in [0.2, 0.25) is 0 Å². The molecule has 0 aromatic heterocycles. The van der Waals surface area contributed by atoms with Gasteiger partial charge < -0.3 is 0 Å². The largest absolute Gasteiger partial charge is 0.236 e. The zero-order chi connectivity index (χ0) is 5.70. The first kappa shape index (κ1) is 7.25. The molecule has 7 heavy (non-hydrogen) atoms. The smallest absolute Gasteiger partial charge is 0.0690 e. The Kier molecular flexibility index (Phi) is 4.57. The molecule has 0 saturated carbocycles. The average Bonchev–Trinajstić information content (AvgIpc) is 1.68. The summed E-state index contributed by atoms with van der Waals surface area (Å²) >= 11 is 2.20. The third kappa shape index (κ3) is 4.10. The van der Waals surface area contributed by atoms with Crippen LogP contribution in [0.4, 0.5) is 0 Å². The number of rotatable bonds is 2. The molecule has 0 heterocycles. The Bertz CT molecular complexity index is 74.6. The van der Waals surface area contributed by atoms with Crippen LogP contribution in [-0.2, 0) is 0 Å². The average molecular weight is 209 g/mol. The second-order valence-corrected chi connectivity index (χ2v) is 2.51. The van der Waals surface area contributed by atoms with Gasteiger partial charge in [0.1, 0.15) is 0 Å². The van der Waals surface area contributed by atoms with Crippen LogP contribution in [-0.4, -0.2) is 16.2 Å². The van der Waals surface area contributed by atoms with Crippen molar-refractivity contribution in [3.05, 3.63) is 0 Å². The minimum Gasteiger partial charge on any atom is -0.236 e.